The van der Waals surface area contributed by atoms with Gasteiger partial charge in [0.25, 0.3) is 0 Å². The summed E-state index contributed by atoms with van der Waals surface area (Å²) in [4.78, 5) is 10.8. The number of hydrogen-bond donors (Lipinski definition) is 0. The van der Waals surface area contributed by atoms with Crippen molar-refractivity contribution in [2.45, 2.75) is 45.2 Å². The van der Waals surface area contributed by atoms with Crippen LogP contribution in [0.5, 0.6) is 0 Å². The molecule has 0 aromatic carbocycles. The summed E-state index contributed by atoms with van der Waals surface area (Å²) in [5.41, 5.74) is 0. The van der Waals surface area contributed by atoms with Gasteiger partial charge in [-0.25, -0.2) is 9.97 Å². The minimum absolute atomic E-state index is 0.569. The zero-order valence-corrected chi connectivity index (χ0v) is 10.7. The van der Waals surface area contributed by atoms with Crippen molar-refractivity contribution in [2.24, 2.45) is 0 Å². The third kappa shape index (κ3) is 2.14. The highest BCUT2D eigenvalue weighted by Crippen LogP contribution is 2.31. The van der Waals surface area contributed by atoms with Crippen molar-refractivity contribution in [3.63, 3.8) is 0 Å². The van der Waals surface area contributed by atoms with Gasteiger partial charge < -0.3 is 4.90 Å². The van der Waals surface area contributed by atoms with Crippen LogP contribution < -0.4 is 4.90 Å². The van der Waals surface area contributed by atoms with Gasteiger partial charge in [-0.3, -0.25) is 0 Å². The molecule has 1 fully saturated rings. The van der Waals surface area contributed by atoms with Crippen molar-refractivity contribution in [1.29, 1.82) is 0 Å². The normalized spacial score (nSPS) is 26.7. The summed E-state index contributed by atoms with van der Waals surface area (Å²) in [5, 5.41) is 0. The first kappa shape index (κ1) is 10.9. The predicted octanol–water partition coefficient (Wildman–Crippen LogP) is 3.01. The van der Waals surface area contributed by atoms with Gasteiger partial charge in [0.1, 0.15) is 12.1 Å². The van der Waals surface area contributed by atoms with Crippen LogP contribution in [0.25, 0.3) is 0 Å². The molecule has 4 heteroatoms. The fourth-order valence-corrected chi connectivity index (χ4v) is 2.76. The largest absolute Gasteiger partial charge is 0.350 e. The summed E-state index contributed by atoms with van der Waals surface area (Å²) in [5.74, 6) is 1.03. The summed E-state index contributed by atoms with van der Waals surface area (Å²) in [6.07, 6.45) is 7.26. The lowest BCUT2D eigenvalue weighted by molar-refractivity contribution is 0.410. The fourth-order valence-electron chi connectivity index (χ4n) is 2.33. The second-order valence-corrected chi connectivity index (χ2v) is 5.08. The van der Waals surface area contributed by atoms with E-state index in [1.54, 1.807) is 6.33 Å². The van der Waals surface area contributed by atoms with E-state index in [0.717, 1.165) is 10.3 Å². The molecule has 3 nitrogen and oxygen atoms in total. The standard InChI is InChI=1S/C11H16BrN3/c1-8-4-3-5-9(2)15(8)11-10(12)6-13-7-14-11/h6-9H,3-5H2,1-2H3/t8-,9+. The van der Waals surface area contributed by atoms with E-state index >= 15 is 0 Å². The van der Waals surface area contributed by atoms with E-state index in [1.165, 1.54) is 19.3 Å². The van der Waals surface area contributed by atoms with E-state index in [9.17, 15) is 0 Å². The van der Waals surface area contributed by atoms with E-state index < -0.39 is 0 Å². The van der Waals surface area contributed by atoms with Crippen molar-refractivity contribution in [2.75, 3.05) is 4.90 Å². The monoisotopic (exact) mass is 269 g/mol. The molecule has 0 radical (unpaired) electrons. The Kier molecular flexibility index (Phi) is 3.24. The van der Waals surface area contributed by atoms with Crippen LogP contribution >= 0.6 is 15.9 Å². The van der Waals surface area contributed by atoms with Gasteiger partial charge >= 0.3 is 0 Å². The number of rotatable bonds is 1. The van der Waals surface area contributed by atoms with E-state index in [-0.39, 0.29) is 0 Å². The highest BCUT2D eigenvalue weighted by molar-refractivity contribution is 9.10. The quantitative estimate of drug-likeness (QED) is 0.785. The lowest BCUT2D eigenvalue weighted by atomic mass is 9.98. The first-order valence-electron chi connectivity index (χ1n) is 5.44. The van der Waals surface area contributed by atoms with Crippen molar-refractivity contribution in [1.82, 2.24) is 9.97 Å². The summed E-state index contributed by atoms with van der Waals surface area (Å²) in [6.45, 7) is 4.54. The van der Waals surface area contributed by atoms with Crippen molar-refractivity contribution in [3.8, 4) is 0 Å². The Morgan fingerprint density at radius 3 is 2.60 bits per heavy atom. The molecule has 0 aliphatic carbocycles. The lowest BCUT2D eigenvalue weighted by Gasteiger charge is -2.40. The van der Waals surface area contributed by atoms with Gasteiger partial charge in [-0.2, -0.15) is 0 Å². The molecule has 0 N–H and O–H groups in total. The molecule has 0 bridgehead atoms. The van der Waals surface area contributed by atoms with Crippen LogP contribution in [0.1, 0.15) is 33.1 Å². The van der Waals surface area contributed by atoms with Crippen LogP contribution in [0.15, 0.2) is 17.0 Å². The van der Waals surface area contributed by atoms with Crippen molar-refractivity contribution < 1.29 is 0 Å². The minimum atomic E-state index is 0.569. The molecule has 0 saturated carbocycles. The minimum Gasteiger partial charge on any atom is -0.350 e. The second kappa shape index (κ2) is 4.47. The van der Waals surface area contributed by atoms with Crippen LogP contribution in [0.2, 0.25) is 0 Å². The smallest absolute Gasteiger partial charge is 0.146 e. The third-order valence-corrected chi connectivity index (χ3v) is 3.65. The fraction of sp³-hybridized carbons (Fsp3) is 0.636. The Bertz CT molecular complexity index is 332. The number of hydrogen-bond acceptors (Lipinski definition) is 3. The molecule has 82 valence electrons. The van der Waals surface area contributed by atoms with Gasteiger partial charge in [0, 0.05) is 18.3 Å². The zero-order chi connectivity index (χ0) is 10.8. The highest BCUT2D eigenvalue weighted by Gasteiger charge is 2.26. The Morgan fingerprint density at radius 1 is 1.33 bits per heavy atom. The van der Waals surface area contributed by atoms with Crippen LogP contribution in [0, 0.1) is 0 Å². The van der Waals surface area contributed by atoms with Gasteiger partial charge in [-0.05, 0) is 49.0 Å². The summed E-state index contributed by atoms with van der Waals surface area (Å²) in [6, 6.07) is 1.14. The van der Waals surface area contributed by atoms with Gasteiger partial charge in [0.15, 0.2) is 0 Å². The van der Waals surface area contributed by atoms with E-state index in [4.69, 9.17) is 0 Å². The SMILES string of the molecule is C[C@@H]1CCC[C@H](C)N1c1ncncc1Br. The third-order valence-electron chi connectivity index (χ3n) is 3.09. The molecule has 2 atom stereocenters. The van der Waals surface area contributed by atoms with Gasteiger partial charge in [-0.15, -0.1) is 0 Å². The molecule has 1 aliphatic heterocycles. The van der Waals surface area contributed by atoms with E-state index in [0.29, 0.717) is 12.1 Å². The highest BCUT2D eigenvalue weighted by atomic mass is 79.9. The first-order valence-corrected chi connectivity index (χ1v) is 6.23. The number of nitrogens with zero attached hydrogens (tertiary/aromatic N) is 3. The van der Waals surface area contributed by atoms with E-state index in [2.05, 4.69) is 44.6 Å². The molecule has 0 unspecified atom stereocenters. The van der Waals surface area contributed by atoms with Crippen LogP contribution in [-0.4, -0.2) is 22.1 Å². The number of piperidine rings is 1. The Morgan fingerprint density at radius 2 is 2.00 bits per heavy atom. The van der Waals surface area contributed by atoms with Gasteiger partial charge in [-0.1, -0.05) is 0 Å². The van der Waals surface area contributed by atoms with E-state index in [1.807, 2.05) is 6.20 Å². The number of anilines is 1. The zero-order valence-electron chi connectivity index (χ0n) is 9.15. The maximum atomic E-state index is 4.37. The maximum Gasteiger partial charge on any atom is 0.146 e. The molecule has 2 heterocycles. The Labute approximate surface area is 99.0 Å². The molecule has 2 rings (SSSR count). The van der Waals surface area contributed by atoms with Gasteiger partial charge in [0.05, 0.1) is 4.47 Å². The summed E-state index contributed by atoms with van der Waals surface area (Å²) < 4.78 is 0.991. The molecule has 1 aromatic heterocycles. The molecule has 0 spiro atoms. The first-order chi connectivity index (χ1) is 7.20. The Balaban J connectivity index is 2.31. The number of halogens is 1. The van der Waals surface area contributed by atoms with Crippen molar-refractivity contribution >= 4 is 21.7 Å². The van der Waals surface area contributed by atoms with Gasteiger partial charge in [0.2, 0.25) is 0 Å². The summed E-state index contributed by atoms with van der Waals surface area (Å²) in [7, 11) is 0. The molecular weight excluding hydrogens is 254 g/mol. The molecule has 0 amide bonds. The average Bonchev–Trinajstić information content (AvgIpc) is 2.20. The lowest BCUT2D eigenvalue weighted by Crippen LogP contribution is -2.44. The molecule has 15 heavy (non-hydrogen) atoms. The van der Waals surface area contributed by atoms with Crippen LogP contribution in [0.3, 0.4) is 0 Å². The van der Waals surface area contributed by atoms with Crippen LogP contribution in [0.4, 0.5) is 5.82 Å². The molecule has 1 aromatic rings. The molecular formula is C11H16BrN3. The Hall–Kier alpha value is -0.640. The topological polar surface area (TPSA) is 29.0 Å². The van der Waals surface area contributed by atoms with Crippen LogP contribution in [-0.2, 0) is 0 Å². The number of aromatic nitrogens is 2. The maximum absolute atomic E-state index is 4.37. The van der Waals surface area contributed by atoms with Crippen molar-refractivity contribution in [3.05, 3.63) is 17.0 Å². The second-order valence-electron chi connectivity index (χ2n) is 4.23. The predicted molar refractivity (Wildman–Crippen MR) is 65.0 cm³/mol. The molecule has 1 aliphatic rings. The summed E-state index contributed by atoms with van der Waals surface area (Å²) >= 11 is 3.52. The molecule has 1 saturated heterocycles. The average molecular weight is 270 g/mol.